The Morgan fingerprint density at radius 1 is 1.47 bits per heavy atom. The molecule has 0 aliphatic carbocycles. The Hall–Kier alpha value is -1.36. The van der Waals surface area contributed by atoms with Gasteiger partial charge >= 0.3 is 0 Å². The molecular weight excluding hydrogens is 240 g/mol. The SMILES string of the molecule is CCCCCC(CC)NC(=O)[C@@H](N)Cc1c[nH]cn1. The minimum Gasteiger partial charge on any atom is -0.352 e. The van der Waals surface area contributed by atoms with Crippen LogP contribution in [0, 0.1) is 0 Å². The summed E-state index contributed by atoms with van der Waals surface area (Å²) in [5.74, 6) is -0.0775. The van der Waals surface area contributed by atoms with Gasteiger partial charge in [-0.25, -0.2) is 4.98 Å². The number of imidazole rings is 1. The summed E-state index contributed by atoms with van der Waals surface area (Å²) in [6.45, 7) is 4.27. The van der Waals surface area contributed by atoms with Crippen molar-refractivity contribution >= 4 is 5.91 Å². The Labute approximate surface area is 115 Å². The van der Waals surface area contributed by atoms with Gasteiger partial charge < -0.3 is 16.0 Å². The van der Waals surface area contributed by atoms with Gasteiger partial charge in [0.15, 0.2) is 0 Å². The first-order chi connectivity index (χ1) is 9.17. The number of aromatic nitrogens is 2. The van der Waals surface area contributed by atoms with Gasteiger partial charge in [-0.3, -0.25) is 4.79 Å². The number of nitrogens with one attached hydrogen (secondary N) is 2. The van der Waals surface area contributed by atoms with E-state index in [4.69, 9.17) is 5.73 Å². The molecule has 108 valence electrons. The van der Waals surface area contributed by atoms with Gasteiger partial charge in [-0.05, 0) is 12.8 Å². The van der Waals surface area contributed by atoms with Crippen molar-refractivity contribution in [3.8, 4) is 0 Å². The van der Waals surface area contributed by atoms with Gasteiger partial charge in [-0.15, -0.1) is 0 Å². The van der Waals surface area contributed by atoms with Crippen LogP contribution in [0.25, 0.3) is 0 Å². The molecule has 0 aliphatic rings. The predicted octanol–water partition coefficient (Wildman–Crippen LogP) is 1.75. The fraction of sp³-hybridized carbons (Fsp3) is 0.714. The standard InChI is InChI=1S/C14H26N4O/c1-3-5-6-7-11(4-2)18-14(19)13(15)8-12-9-16-10-17-12/h9-11,13H,3-8,15H2,1-2H3,(H,16,17)(H,18,19)/t11?,13-/m0/s1. The molecule has 1 amide bonds. The highest BCUT2D eigenvalue weighted by atomic mass is 16.2. The van der Waals surface area contributed by atoms with Crippen LogP contribution in [0.5, 0.6) is 0 Å². The first-order valence-corrected chi connectivity index (χ1v) is 7.21. The Morgan fingerprint density at radius 2 is 2.26 bits per heavy atom. The maximum Gasteiger partial charge on any atom is 0.237 e. The van der Waals surface area contributed by atoms with Gasteiger partial charge in [-0.2, -0.15) is 0 Å². The molecule has 19 heavy (non-hydrogen) atoms. The highest BCUT2D eigenvalue weighted by Crippen LogP contribution is 2.07. The third-order valence-electron chi connectivity index (χ3n) is 3.32. The van der Waals surface area contributed by atoms with Gasteiger partial charge in [0, 0.05) is 18.7 Å². The molecular formula is C14H26N4O. The fourth-order valence-electron chi connectivity index (χ4n) is 2.05. The number of nitrogens with two attached hydrogens (primary N) is 1. The molecule has 1 aromatic rings. The number of carbonyl (C=O) groups excluding carboxylic acids is 1. The van der Waals surface area contributed by atoms with Crippen LogP contribution in [0.15, 0.2) is 12.5 Å². The average Bonchev–Trinajstić information content (AvgIpc) is 2.90. The molecule has 0 bridgehead atoms. The summed E-state index contributed by atoms with van der Waals surface area (Å²) in [7, 11) is 0. The molecule has 0 saturated heterocycles. The lowest BCUT2D eigenvalue weighted by atomic mass is 10.1. The third kappa shape index (κ3) is 5.87. The highest BCUT2D eigenvalue weighted by Gasteiger charge is 2.18. The van der Waals surface area contributed by atoms with Crippen LogP contribution in [-0.4, -0.2) is 28.0 Å². The fourth-order valence-corrected chi connectivity index (χ4v) is 2.05. The minimum atomic E-state index is -0.525. The number of rotatable bonds is 9. The molecule has 0 aliphatic heterocycles. The zero-order valence-electron chi connectivity index (χ0n) is 12.0. The molecule has 1 unspecified atom stereocenters. The molecule has 5 nitrogen and oxygen atoms in total. The summed E-state index contributed by atoms with van der Waals surface area (Å²) >= 11 is 0. The molecule has 1 rings (SSSR count). The molecule has 1 heterocycles. The number of aromatic amines is 1. The highest BCUT2D eigenvalue weighted by molar-refractivity contribution is 5.82. The molecule has 0 saturated carbocycles. The van der Waals surface area contributed by atoms with Gasteiger partial charge in [0.05, 0.1) is 18.1 Å². The predicted molar refractivity (Wildman–Crippen MR) is 76.6 cm³/mol. The van der Waals surface area contributed by atoms with E-state index in [0.717, 1.165) is 25.0 Å². The Kier molecular flexibility index (Phi) is 7.18. The number of nitrogens with zero attached hydrogens (tertiary/aromatic N) is 1. The summed E-state index contributed by atoms with van der Waals surface area (Å²) in [6, 6.07) is -0.284. The average molecular weight is 266 g/mol. The summed E-state index contributed by atoms with van der Waals surface area (Å²) in [4.78, 5) is 18.9. The largest absolute Gasteiger partial charge is 0.352 e. The van der Waals surface area contributed by atoms with Gasteiger partial charge in [-0.1, -0.05) is 33.1 Å². The second-order valence-corrected chi connectivity index (χ2v) is 4.98. The van der Waals surface area contributed by atoms with Crippen molar-refractivity contribution in [3.63, 3.8) is 0 Å². The number of H-pyrrole nitrogens is 1. The van der Waals surface area contributed by atoms with E-state index >= 15 is 0 Å². The summed E-state index contributed by atoms with van der Waals surface area (Å²) < 4.78 is 0. The lowest BCUT2D eigenvalue weighted by molar-refractivity contribution is -0.123. The summed E-state index contributed by atoms with van der Waals surface area (Å²) in [5, 5.41) is 3.04. The van der Waals surface area contributed by atoms with Crippen LogP contribution in [0.2, 0.25) is 0 Å². The quantitative estimate of drug-likeness (QED) is 0.595. The van der Waals surface area contributed by atoms with Gasteiger partial charge in [0.2, 0.25) is 5.91 Å². The van der Waals surface area contributed by atoms with Crippen LogP contribution >= 0.6 is 0 Å². The van der Waals surface area contributed by atoms with Gasteiger partial charge in [0.25, 0.3) is 0 Å². The van der Waals surface area contributed by atoms with E-state index in [1.165, 1.54) is 12.8 Å². The summed E-state index contributed by atoms with van der Waals surface area (Å²) in [5.41, 5.74) is 6.72. The van der Waals surface area contributed by atoms with E-state index in [1.807, 2.05) is 0 Å². The van der Waals surface area contributed by atoms with Gasteiger partial charge in [0.1, 0.15) is 0 Å². The van der Waals surface area contributed by atoms with Crippen LogP contribution in [-0.2, 0) is 11.2 Å². The molecule has 1 aromatic heterocycles. The first-order valence-electron chi connectivity index (χ1n) is 7.21. The smallest absolute Gasteiger partial charge is 0.237 e. The monoisotopic (exact) mass is 266 g/mol. The maximum absolute atomic E-state index is 12.0. The van der Waals surface area contributed by atoms with Crippen molar-refractivity contribution in [3.05, 3.63) is 18.2 Å². The normalized spacial score (nSPS) is 14.1. The topological polar surface area (TPSA) is 83.8 Å². The second kappa shape index (κ2) is 8.69. The Bertz CT molecular complexity index is 350. The first kappa shape index (κ1) is 15.7. The molecule has 0 radical (unpaired) electrons. The number of unbranched alkanes of at least 4 members (excludes halogenated alkanes) is 2. The Morgan fingerprint density at radius 3 is 2.84 bits per heavy atom. The third-order valence-corrected chi connectivity index (χ3v) is 3.32. The Balaban J connectivity index is 2.34. The van der Waals surface area contributed by atoms with E-state index in [2.05, 4.69) is 29.1 Å². The minimum absolute atomic E-state index is 0.0775. The maximum atomic E-state index is 12.0. The number of hydrogen-bond donors (Lipinski definition) is 3. The van der Waals surface area contributed by atoms with E-state index in [9.17, 15) is 4.79 Å². The van der Waals surface area contributed by atoms with Crippen molar-refractivity contribution in [1.29, 1.82) is 0 Å². The number of amides is 1. The van der Waals surface area contributed by atoms with Crippen molar-refractivity contribution in [2.24, 2.45) is 5.73 Å². The van der Waals surface area contributed by atoms with Crippen LogP contribution in [0.4, 0.5) is 0 Å². The summed E-state index contributed by atoms with van der Waals surface area (Å²) in [6.07, 6.45) is 9.39. The molecule has 0 aromatic carbocycles. The zero-order valence-corrected chi connectivity index (χ0v) is 12.0. The lowest BCUT2D eigenvalue weighted by Crippen LogP contribution is -2.46. The van der Waals surface area contributed by atoms with Crippen molar-refractivity contribution in [1.82, 2.24) is 15.3 Å². The van der Waals surface area contributed by atoms with E-state index in [1.54, 1.807) is 12.5 Å². The lowest BCUT2D eigenvalue weighted by Gasteiger charge is -2.19. The van der Waals surface area contributed by atoms with Crippen LogP contribution in [0.1, 0.15) is 51.6 Å². The molecule has 0 fully saturated rings. The van der Waals surface area contributed by atoms with Crippen LogP contribution < -0.4 is 11.1 Å². The molecule has 5 heteroatoms. The van der Waals surface area contributed by atoms with Crippen molar-refractivity contribution < 1.29 is 4.79 Å². The van der Waals surface area contributed by atoms with Crippen LogP contribution in [0.3, 0.4) is 0 Å². The molecule has 2 atom stereocenters. The van der Waals surface area contributed by atoms with E-state index in [0.29, 0.717) is 6.42 Å². The zero-order chi connectivity index (χ0) is 14.1. The van der Waals surface area contributed by atoms with Crippen molar-refractivity contribution in [2.75, 3.05) is 0 Å². The van der Waals surface area contributed by atoms with E-state index in [-0.39, 0.29) is 11.9 Å². The number of hydrogen-bond acceptors (Lipinski definition) is 3. The molecule has 4 N–H and O–H groups in total. The van der Waals surface area contributed by atoms with E-state index < -0.39 is 6.04 Å². The number of carbonyl (C=O) groups is 1. The second-order valence-electron chi connectivity index (χ2n) is 4.98. The van der Waals surface area contributed by atoms with Crippen molar-refractivity contribution in [2.45, 2.75) is 64.5 Å². The molecule has 0 spiro atoms.